The van der Waals surface area contributed by atoms with Crippen LogP contribution < -0.4 is 5.56 Å². The maximum absolute atomic E-state index is 14.0. The van der Waals surface area contributed by atoms with E-state index in [0.717, 1.165) is 5.56 Å². The molecule has 2 saturated heterocycles. The number of hydrogen-bond donors (Lipinski definition) is 1. The molecule has 10 heteroatoms. The average Bonchev–Trinajstić information content (AvgIpc) is 3.65. The fourth-order valence-corrected chi connectivity index (χ4v) is 6.68. The predicted molar refractivity (Wildman–Crippen MR) is 164 cm³/mol. The van der Waals surface area contributed by atoms with Crippen molar-refractivity contribution in [2.75, 3.05) is 26.2 Å². The van der Waals surface area contributed by atoms with Gasteiger partial charge in [0.2, 0.25) is 5.91 Å². The van der Waals surface area contributed by atoms with E-state index in [1.165, 1.54) is 10.9 Å². The molecule has 10 nitrogen and oxygen atoms in total. The Bertz CT molecular complexity index is 1690. The van der Waals surface area contributed by atoms with Gasteiger partial charge in [-0.05, 0) is 43.0 Å². The average molecular weight is 583 g/mol. The lowest BCUT2D eigenvalue weighted by Crippen LogP contribution is -2.53. The van der Waals surface area contributed by atoms with Crippen LogP contribution in [0.25, 0.3) is 11.0 Å². The van der Waals surface area contributed by atoms with Crippen molar-refractivity contribution in [2.45, 2.75) is 43.9 Å². The van der Waals surface area contributed by atoms with Gasteiger partial charge in [-0.3, -0.25) is 19.0 Å². The predicted octanol–water partition coefficient (Wildman–Crippen LogP) is 3.02. The number of fused-ring (bicyclic) bond motifs is 1. The second-order valence-corrected chi connectivity index (χ2v) is 11.9. The standard InChI is InChI=1S/C33H38N6O4/c1-3-15-36-16-7-10-28(36)32(42)38-18-12-25(27(21-38)24-8-5-4-6-9-24)30(40)37-19-13-33(43,14-20-37)22-39-23-34-29-26(31(39)41)11-17-35(29)2/h3-11,16-17,23,25,27,43H,1,12-15,18-22H2,2H3/t25-,27+/m1/s1. The first-order chi connectivity index (χ1) is 20.8. The minimum Gasteiger partial charge on any atom is -0.388 e. The second-order valence-electron chi connectivity index (χ2n) is 11.9. The quantitative estimate of drug-likeness (QED) is 0.338. The monoisotopic (exact) mass is 582 g/mol. The largest absolute Gasteiger partial charge is 0.388 e. The summed E-state index contributed by atoms with van der Waals surface area (Å²) < 4.78 is 5.16. The Morgan fingerprint density at radius 2 is 1.79 bits per heavy atom. The van der Waals surface area contributed by atoms with Crippen LogP contribution in [0.5, 0.6) is 0 Å². The van der Waals surface area contributed by atoms with E-state index in [9.17, 15) is 19.5 Å². The van der Waals surface area contributed by atoms with Crippen LogP contribution >= 0.6 is 0 Å². The molecule has 0 aliphatic carbocycles. The molecule has 2 amide bonds. The molecule has 0 spiro atoms. The highest BCUT2D eigenvalue weighted by molar-refractivity contribution is 5.93. The van der Waals surface area contributed by atoms with Crippen molar-refractivity contribution in [3.63, 3.8) is 0 Å². The molecular formula is C33H38N6O4. The highest BCUT2D eigenvalue weighted by Crippen LogP contribution is 2.36. The van der Waals surface area contributed by atoms with Gasteiger partial charge in [-0.25, -0.2) is 4.98 Å². The van der Waals surface area contributed by atoms with E-state index in [2.05, 4.69) is 11.6 Å². The molecule has 4 aromatic rings. The van der Waals surface area contributed by atoms with Gasteiger partial charge in [-0.15, -0.1) is 6.58 Å². The summed E-state index contributed by atoms with van der Waals surface area (Å²) in [5.41, 5.74) is 0.977. The Morgan fingerprint density at radius 3 is 2.53 bits per heavy atom. The molecule has 43 heavy (non-hydrogen) atoms. The summed E-state index contributed by atoms with van der Waals surface area (Å²) in [4.78, 5) is 48.7. The van der Waals surface area contributed by atoms with Crippen LogP contribution in [0.15, 0.2) is 84.7 Å². The summed E-state index contributed by atoms with van der Waals surface area (Å²) in [6, 6.07) is 15.4. The van der Waals surface area contributed by atoms with E-state index in [-0.39, 0.29) is 35.8 Å². The Kier molecular flexibility index (Phi) is 7.79. The van der Waals surface area contributed by atoms with E-state index in [4.69, 9.17) is 0 Å². The summed E-state index contributed by atoms with van der Waals surface area (Å²) >= 11 is 0. The number of hydrogen-bond acceptors (Lipinski definition) is 5. The highest BCUT2D eigenvalue weighted by Gasteiger charge is 2.42. The number of likely N-dealkylation sites (tertiary alicyclic amines) is 2. The molecule has 0 bridgehead atoms. The number of piperidine rings is 2. The van der Waals surface area contributed by atoms with Crippen LogP contribution in [0.3, 0.4) is 0 Å². The number of rotatable bonds is 7. The van der Waals surface area contributed by atoms with Gasteiger partial charge in [0, 0.05) is 64.0 Å². The fraction of sp³-hybridized carbons (Fsp3) is 0.394. The third kappa shape index (κ3) is 5.54. The van der Waals surface area contributed by atoms with Gasteiger partial charge < -0.3 is 24.0 Å². The first-order valence-corrected chi connectivity index (χ1v) is 14.9. The molecule has 2 aliphatic heterocycles. The zero-order valence-corrected chi connectivity index (χ0v) is 24.5. The van der Waals surface area contributed by atoms with Crippen LogP contribution in [0.1, 0.15) is 41.2 Å². The lowest BCUT2D eigenvalue weighted by atomic mass is 9.79. The number of carbonyl (C=O) groups is 2. The molecule has 6 rings (SSSR count). The molecule has 3 aromatic heterocycles. The lowest BCUT2D eigenvalue weighted by molar-refractivity contribution is -0.142. The van der Waals surface area contributed by atoms with Crippen molar-refractivity contribution in [3.8, 4) is 0 Å². The topological polar surface area (TPSA) is 106 Å². The van der Waals surface area contributed by atoms with Gasteiger partial charge >= 0.3 is 0 Å². The van der Waals surface area contributed by atoms with Crippen molar-refractivity contribution in [2.24, 2.45) is 13.0 Å². The number of carbonyl (C=O) groups excluding carboxylic acids is 2. The van der Waals surface area contributed by atoms with Crippen molar-refractivity contribution in [3.05, 3.63) is 102 Å². The molecule has 224 valence electrons. The van der Waals surface area contributed by atoms with Gasteiger partial charge in [0.15, 0.2) is 0 Å². The minimum atomic E-state index is -1.11. The Labute approximate surface area is 250 Å². The van der Waals surface area contributed by atoms with E-state index in [0.29, 0.717) is 68.7 Å². The third-order valence-corrected chi connectivity index (χ3v) is 9.14. The minimum absolute atomic E-state index is 0.0415. The molecule has 2 atom stereocenters. The van der Waals surface area contributed by atoms with Crippen molar-refractivity contribution < 1.29 is 14.7 Å². The number of allylic oxidation sites excluding steroid dienone is 1. The summed E-state index contributed by atoms with van der Waals surface area (Å²) in [5, 5.41) is 12.0. The third-order valence-electron chi connectivity index (χ3n) is 9.14. The maximum Gasteiger partial charge on any atom is 0.270 e. The van der Waals surface area contributed by atoms with Crippen LogP contribution in [0, 0.1) is 5.92 Å². The Morgan fingerprint density at radius 1 is 1.02 bits per heavy atom. The molecule has 1 N–H and O–H groups in total. The Hall–Kier alpha value is -4.44. The smallest absolute Gasteiger partial charge is 0.270 e. The van der Waals surface area contributed by atoms with E-state index < -0.39 is 5.60 Å². The number of amides is 2. The second kappa shape index (κ2) is 11.7. The van der Waals surface area contributed by atoms with E-state index in [1.54, 1.807) is 22.9 Å². The molecule has 2 fully saturated rings. The highest BCUT2D eigenvalue weighted by atomic mass is 16.3. The fourth-order valence-electron chi connectivity index (χ4n) is 6.68. The summed E-state index contributed by atoms with van der Waals surface area (Å²) in [7, 11) is 1.84. The van der Waals surface area contributed by atoms with Crippen LogP contribution in [0.4, 0.5) is 0 Å². The van der Waals surface area contributed by atoms with Gasteiger partial charge in [0.05, 0.1) is 17.5 Å². The SMILES string of the molecule is C=CCn1cccc1C(=O)N1CC[C@@H](C(=O)N2CCC(O)(Cn3cnc4c(ccn4C)c3=O)CC2)[C@H](c2ccccc2)C1. The Balaban J connectivity index is 1.15. The van der Waals surface area contributed by atoms with E-state index >= 15 is 0 Å². The van der Waals surface area contributed by atoms with Crippen LogP contribution in [-0.4, -0.2) is 77.2 Å². The zero-order chi connectivity index (χ0) is 30.1. The van der Waals surface area contributed by atoms with Crippen molar-refractivity contribution >= 4 is 22.8 Å². The van der Waals surface area contributed by atoms with Gasteiger partial charge in [-0.1, -0.05) is 36.4 Å². The molecule has 1 aromatic carbocycles. The number of nitrogens with zero attached hydrogens (tertiary/aromatic N) is 6. The van der Waals surface area contributed by atoms with Gasteiger partial charge in [0.25, 0.3) is 11.5 Å². The number of aryl methyl sites for hydroxylation is 1. The molecule has 0 saturated carbocycles. The number of aliphatic hydroxyl groups is 1. The molecule has 0 unspecified atom stereocenters. The molecule has 5 heterocycles. The summed E-state index contributed by atoms with van der Waals surface area (Å²) in [6.07, 6.45) is 8.23. The normalized spacial score (nSPS) is 20.3. The number of benzene rings is 1. The summed E-state index contributed by atoms with van der Waals surface area (Å²) in [6.45, 7) is 6.24. The maximum atomic E-state index is 14.0. The van der Waals surface area contributed by atoms with Gasteiger partial charge in [0.1, 0.15) is 17.7 Å². The number of aromatic nitrogens is 4. The molecule has 2 aliphatic rings. The van der Waals surface area contributed by atoms with Crippen molar-refractivity contribution in [1.82, 2.24) is 28.5 Å². The van der Waals surface area contributed by atoms with E-state index in [1.807, 2.05) is 70.1 Å². The first kappa shape index (κ1) is 28.7. The zero-order valence-electron chi connectivity index (χ0n) is 24.5. The first-order valence-electron chi connectivity index (χ1n) is 14.9. The summed E-state index contributed by atoms with van der Waals surface area (Å²) in [5.74, 6) is -0.398. The molecular weight excluding hydrogens is 544 g/mol. The van der Waals surface area contributed by atoms with Gasteiger partial charge in [-0.2, -0.15) is 0 Å². The lowest BCUT2D eigenvalue weighted by Gasteiger charge is -2.43. The molecule has 0 radical (unpaired) electrons. The van der Waals surface area contributed by atoms with Crippen molar-refractivity contribution in [1.29, 1.82) is 0 Å². The van der Waals surface area contributed by atoms with Crippen LogP contribution in [-0.2, 0) is 24.9 Å². The van der Waals surface area contributed by atoms with Crippen LogP contribution in [0.2, 0.25) is 0 Å².